The summed E-state index contributed by atoms with van der Waals surface area (Å²) in [6.07, 6.45) is 1.51. The molecule has 0 aliphatic heterocycles. The molecule has 0 spiro atoms. The Kier molecular flexibility index (Phi) is 3.12. The number of hydrogen-bond donors (Lipinski definition) is 1. The van der Waals surface area contributed by atoms with E-state index in [9.17, 15) is 0 Å². The lowest BCUT2D eigenvalue weighted by Gasteiger charge is -2.08. The third kappa shape index (κ3) is 2.06. The van der Waals surface area contributed by atoms with Gasteiger partial charge in [0.1, 0.15) is 22.1 Å². The van der Waals surface area contributed by atoms with Crippen molar-refractivity contribution in [1.82, 2.24) is 25.0 Å². The van der Waals surface area contributed by atoms with Crippen LogP contribution in [0.2, 0.25) is 0 Å². The summed E-state index contributed by atoms with van der Waals surface area (Å²) in [4.78, 5) is 8.46. The molecule has 0 unspecified atom stereocenters. The van der Waals surface area contributed by atoms with Crippen LogP contribution in [0.25, 0.3) is 16.9 Å². The van der Waals surface area contributed by atoms with Gasteiger partial charge < -0.3 is 5.32 Å². The van der Waals surface area contributed by atoms with Gasteiger partial charge in [0.15, 0.2) is 5.82 Å². The zero-order valence-electron chi connectivity index (χ0n) is 10.2. The summed E-state index contributed by atoms with van der Waals surface area (Å²) >= 11 is 3.51. The summed E-state index contributed by atoms with van der Waals surface area (Å²) in [6, 6.07) is 7.75. The zero-order chi connectivity index (χ0) is 13.2. The predicted octanol–water partition coefficient (Wildman–Crippen LogP) is 2.40. The molecular formula is C12H11BrN6. The second-order valence-electron chi connectivity index (χ2n) is 3.88. The molecule has 1 N–H and O–H groups in total. The van der Waals surface area contributed by atoms with Crippen LogP contribution < -0.4 is 5.32 Å². The molecule has 0 bridgehead atoms. The van der Waals surface area contributed by atoms with Crippen LogP contribution in [-0.2, 0) is 0 Å². The Morgan fingerprint density at radius 1 is 1.26 bits per heavy atom. The Hall–Kier alpha value is -2.02. The fraction of sp³-hybridized carbons (Fsp3) is 0.167. The maximum absolute atomic E-state index is 4.28. The smallest absolute Gasteiger partial charge is 0.175 e. The standard InChI is InChI=1S/C12H11BrN6/c1-2-14-11-10(13)12(16-7-15-11)19-9-6-4-3-5-8(9)17-18-19/h3-7H,2H2,1H3,(H,14,15,16). The number of para-hydroxylation sites is 1. The van der Waals surface area contributed by atoms with E-state index in [-0.39, 0.29) is 0 Å². The quantitative estimate of drug-likeness (QED) is 0.803. The zero-order valence-corrected chi connectivity index (χ0v) is 11.8. The fourth-order valence-corrected chi connectivity index (χ4v) is 2.34. The van der Waals surface area contributed by atoms with Crippen molar-refractivity contribution >= 4 is 32.8 Å². The lowest BCUT2D eigenvalue weighted by atomic mass is 10.3. The van der Waals surface area contributed by atoms with E-state index in [1.165, 1.54) is 6.33 Å². The van der Waals surface area contributed by atoms with E-state index < -0.39 is 0 Å². The Morgan fingerprint density at radius 2 is 2.11 bits per heavy atom. The van der Waals surface area contributed by atoms with E-state index >= 15 is 0 Å². The van der Waals surface area contributed by atoms with E-state index in [1.807, 2.05) is 31.2 Å². The molecule has 96 valence electrons. The lowest BCUT2D eigenvalue weighted by Crippen LogP contribution is -2.06. The third-order valence-corrected chi connectivity index (χ3v) is 3.40. The SMILES string of the molecule is CCNc1ncnc(-n2nnc3ccccc32)c1Br. The number of nitrogens with zero attached hydrogens (tertiary/aromatic N) is 5. The predicted molar refractivity (Wildman–Crippen MR) is 76.3 cm³/mol. The molecular weight excluding hydrogens is 308 g/mol. The number of benzene rings is 1. The van der Waals surface area contributed by atoms with Crippen molar-refractivity contribution < 1.29 is 0 Å². The van der Waals surface area contributed by atoms with Gasteiger partial charge in [0.2, 0.25) is 0 Å². The summed E-state index contributed by atoms with van der Waals surface area (Å²) in [5.41, 5.74) is 1.74. The first-order valence-corrected chi connectivity index (χ1v) is 6.65. The highest BCUT2D eigenvalue weighted by molar-refractivity contribution is 9.10. The van der Waals surface area contributed by atoms with Crippen LogP contribution in [0.4, 0.5) is 5.82 Å². The monoisotopic (exact) mass is 318 g/mol. The van der Waals surface area contributed by atoms with Crippen LogP contribution in [0.5, 0.6) is 0 Å². The average Bonchev–Trinajstić information content (AvgIpc) is 2.85. The molecule has 0 aliphatic rings. The van der Waals surface area contributed by atoms with Crippen molar-refractivity contribution in [2.45, 2.75) is 6.92 Å². The Balaban J connectivity index is 2.19. The van der Waals surface area contributed by atoms with Crippen molar-refractivity contribution in [3.8, 4) is 5.82 Å². The number of hydrogen-bond acceptors (Lipinski definition) is 5. The van der Waals surface area contributed by atoms with E-state index in [4.69, 9.17) is 0 Å². The summed E-state index contributed by atoms with van der Waals surface area (Å²) in [5.74, 6) is 1.41. The highest BCUT2D eigenvalue weighted by atomic mass is 79.9. The van der Waals surface area contributed by atoms with Crippen LogP contribution in [-0.4, -0.2) is 31.5 Å². The van der Waals surface area contributed by atoms with Gasteiger partial charge in [-0.3, -0.25) is 0 Å². The first-order chi connectivity index (χ1) is 9.31. The maximum atomic E-state index is 4.28. The molecule has 19 heavy (non-hydrogen) atoms. The summed E-state index contributed by atoms with van der Waals surface area (Å²) in [5, 5.41) is 11.4. The number of halogens is 1. The number of aromatic nitrogens is 5. The minimum atomic E-state index is 0.666. The van der Waals surface area contributed by atoms with Crippen LogP contribution >= 0.6 is 15.9 Å². The lowest BCUT2D eigenvalue weighted by molar-refractivity contribution is 0.793. The van der Waals surface area contributed by atoms with Gasteiger partial charge in [0.25, 0.3) is 0 Å². The molecule has 0 aliphatic carbocycles. The van der Waals surface area contributed by atoms with E-state index in [2.05, 4.69) is 41.5 Å². The third-order valence-electron chi connectivity index (χ3n) is 2.67. The molecule has 0 amide bonds. The van der Waals surface area contributed by atoms with Crippen LogP contribution in [0.3, 0.4) is 0 Å². The number of anilines is 1. The second kappa shape index (κ2) is 4.93. The molecule has 6 nitrogen and oxygen atoms in total. The van der Waals surface area contributed by atoms with Gasteiger partial charge in [-0.15, -0.1) is 5.10 Å². The Labute approximate surface area is 118 Å². The second-order valence-corrected chi connectivity index (χ2v) is 4.67. The molecule has 0 fully saturated rings. The van der Waals surface area contributed by atoms with Gasteiger partial charge in [-0.1, -0.05) is 17.3 Å². The van der Waals surface area contributed by atoms with Gasteiger partial charge in [-0.05, 0) is 35.0 Å². The topological polar surface area (TPSA) is 68.5 Å². The van der Waals surface area contributed by atoms with E-state index in [0.29, 0.717) is 5.82 Å². The first kappa shape index (κ1) is 12.0. The number of fused-ring (bicyclic) bond motifs is 1. The summed E-state index contributed by atoms with van der Waals surface area (Å²) < 4.78 is 2.47. The number of nitrogens with one attached hydrogen (secondary N) is 1. The van der Waals surface area contributed by atoms with Crippen molar-refractivity contribution in [1.29, 1.82) is 0 Å². The molecule has 0 atom stereocenters. The van der Waals surface area contributed by atoms with Crippen molar-refractivity contribution in [3.63, 3.8) is 0 Å². The molecule has 3 rings (SSSR count). The van der Waals surface area contributed by atoms with Crippen LogP contribution in [0, 0.1) is 0 Å². The normalized spacial score (nSPS) is 10.8. The summed E-state index contributed by atoms with van der Waals surface area (Å²) in [6.45, 7) is 2.80. The molecule has 3 aromatic rings. The van der Waals surface area contributed by atoms with Gasteiger partial charge in [0, 0.05) is 6.54 Å². The van der Waals surface area contributed by atoms with Crippen LogP contribution in [0.1, 0.15) is 6.92 Å². The van der Waals surface area contributed by atoms with Crippen molar-refractivity contribution in [3.05, 3.63) is 35.1 Å². The molecule has 0 saturated heterocycles. The molecule has 2 aromatic heterocycles. The molecule has 7 heteroatoms. The first-order valence-electron chi connectivity index (χ1n) is 5.86. The van der Waals surface area contributed by atoms with Gasteiger partial charge in [-0.25, -0.2) is 9.97 Å². The van der Waals surface area contributed by atoms with Gasteiger partial charge in [-0.2, -0.15) is 4.68 Å². The van der Waals surface area contributed by atoms with Crippen LogP contribution in [0.15, 0.2) is 35.1 Å². The molecule has 1 aromatic carbocycles. The molecule has 2 heterocycles. The minimum absolute atomic E-state index is 0.666. The van der Waals surface area contributed by atoms with Gasteiger partial charge >= 0.3 is 0 Å². The van der Waals surface area contributed by atoms with Crippen molar-refractivity contribution in [2.24, 2.45) is 0 Å². The highest BCUT2D eigenvalue weighted by Crippen LogP contribution is 2.26. The largest absolute Gasteiger partial charge is 0.369 e. The molecule has 0 saturated carbocycles. The minimum Gasteiger partial charge on any atom is -0.369 e. The average molecular weight is 319 g/mol. The Morgan fingerprint density at radius 3 is 2.95 bits per heavy atom. The highest BCUT2D eigenvalue weighted by Gasteiger charge is 2.13. The molecule has 0 radical (unpaired) electrons. The Bertz CT molecular complexity index is 723. The maximum Gasteiger partial charge on any atom is 0.175 e. The number of rotatable bonds is 3. The van der Waals surface area contributed by atoms with Crippen molar-refractivity contribution in [2.75, 3.05) is 11.9 Å². The van der Waals surface area contributed by atoms with E-state index in [1.54, 1.807) is 4.68 Å². The fourth-order valence-electron chi connectivity index (χ4n) is 1.82. The van der Waals surface area contributed by atoms with E-state index in [0.717, 1.165) is 27.9 Å². The van der Waals surface area contributed by atoms with Gasteiger partial charge in [0.05, 0.1) is 5.52 Å². The summed E-state index contributed by atoms with van der Waals surface area (Å²) in [7, 11) is 0.